The molecule has 1 aliphatic heterocycles. The molecule has 1 atom stereocenters. The lowest BCUT2D eigenvalue weighted by Crippen LogP contribution is -2.31. The predicted molar refractivity (Wildman–Crippen MR) is 98.5 cm³/mol. The Balaban J connectivity index is 1.63. The highest BCUT2D eigenvalue weighted by atomic mass is 16.5. The molecule has 0 saturated carbocycles. The highest BCUT2D eigenvalue weighted by molar-refractivity contribution is 5.95. The summed E-state index contributed by atoms with van der Waals surface area (Å²) in [7, 11) is 1.37. The molecule has 0 aromatic carbocycles. The van der Waals surface area contributed by atoms with E-state index < -0.39 is 0 Å². The average molecular weight is 356 g/mol. The minimum atomic E-state index is -0.383. The van der Waals surface area contributed by atoms with Gasteiger partial charge in [0.1, 0.15) is 11.3 Å². The van der Waals surface area contributed by atoms with E-state index in [1.54, 1.807) is 12.3 Å². The summed E-state index contributed by atoms with van der Waals surface area (Å²) < 4.78 is 4.87. The number of aromatic nitrogens is 2. The third-order valence-electron chi connectivity index (χ3n) is 4.68. The number of hydrogen-bond acceptors (Lipinski definition) is 5. The zero-order valence-electron chi connectivity index (χ0n) is 15.3. The maximum atomic E-state index is 12.2. The van der Waals surface area contributed by atoms with Crippen molar-refractivity contribution in [2.45, 2.75) is 20.3 Å². The highest BCUT2D eigenvalue weighted by Gasteiger charge is 2.27. The van der Waals surface area contributed by atoms with Crippen LogP contribution in [0.1, 0.15) is 38.7 Å². The number of amides is 1. The van der Waals surface area contributed by atoms with Gasteiger partial charge in [-0.25, -0.2) is 4.79 Å². The van der Waals surface area contributed by atoms with Gasteiger partial charge in [-0.15, -0.1) is 0 Å². The fraction of sp³-hybridized carbons (Fsp3) is 0.421. The maximum absolute atomic E-state index is 12.2. The maximum Gasteiger partial charge on any atom is 0.341 e. The summed E-state index contributed by atoms with van der Waals surface area (Å²) in [5.74, 6) is -0.146. The molecular weight excluding hydrogens is 332 g/mol. The van der Waals surface area contributed by atoms with Gasteiger partial charge in [-0.3, -0.25) is 9.78 Å². The molecule has 2 N–H and O–H groups in total. The van der Waals surface area contributed by atoms with Crippen LogP contribution in [0.3, 0.4) is 0 Å². The number of anilines is 1. The van der Waals surface area contributed by atoms with Crippen LogP contribution in [0.2, 0.25) is 0 Å². The molecule has 1 aliphatic rings. The first-order valence-corrected chi connectivity index (χ1v) is 8.71. The fourth-order valence-electron chi connectivity index (χ4n) is 3.26. The summed E-state index contributed by atoms with van der Waals surface area (Å²) in [4.78, 5) is 33.6. The molecule has 7 nitrogen and oxygen atoms in total. The Morgan fingerprint density at radius 3 is 2.88 bits per heavy atom. The summed E-state index contributed by atoms with van der Waals surface area (Å²) in [5.41, 5.74) is 3.72. The molecule has 26 heavy (non-hydrogen) atoms. The monoisotopic (exact) mass is 356 g/mol. The van der Waals surface area contributed by atoms with Crippen LogP contribution in [0, 0.1) is 19.8 Å². The predicted octanol–water partition coefficient (Wildman–Crippen LogP) is 2.07. The van der Waals surface area contributed by atoms with Crippen LogP contribution in [0.5, 0.6) is 0 Å². The van der Waals surface area contributed by atoms with Crippen LogP contribution in [0.25, 0.3) is 0 Å². The van der Waals surface area contributed by atoms with Gasteiger partial charge in [-0.05, 0) is 44.4 Å². The SMILES string of the molecule is COC(=O)c1cnc(C)cc1N1CCC(CNC(=O)c2ccc(C)[nH]2)C1. The van der Waals surface area contributed by atoms with Crippen LogP contribution in [0.4, 0.5) is 5.69 Å². The number of carbonyl (C=O) groups is 2. The second-order valence-electron chi connectivity index (χ2n) is 6.70. The van der Waals surface area contributed by atoms with E-state index in [0.717, 1.165) is 36.6 Å². The molecule has 3 heterocycles. The number of ether oxygens (including phenoxy) is 1. The van der Waals surface area contributed by atoms with Gasteiger partial charge < -0.3 is 19.9 Å². The van der Waals surface area contributed by atoms with Crippen LogP contribution in [-0.2, 0) is 4.74 Å². The number of hydrogen-bond donors (Lipinski definition) is 2. The lowest BCUT2D eigenvalue weighted by Gasteiger charge is -2.21. The van der Waals surface area contributed by atoms with Crippen LogP contribution >= 0.6 is 0 Å². The van der Waals surface area contributed by atoms with Crippen LogP contribution in [-0.4, -0.2) is 48.6 Å². The van der Waals surface area contributed by atoms with Gasteiger partial charge in [-0.2, -0.15) is 0 Å². The van der Waals surface area contributed by atoms with E-state index in [2.05, 4.69) is 20.2 Å². The number of carbonyl (C=O) groups excluding carboxylic acids is 2. The standard InChI is InChI=1S/C19H24N4O3/c1-12-4-5-16(22-12)18(24)21-9-14-6-7-23(11-14)17-8-13(2)20-10-15(17)19(25)26-3/h4-5,8,10,14,22H,6-7,9,11H2,1-3H3,(H,21,24). The first-order chi connectivity index (χ1) is 12.5. The lowest BCUT2D eigenvalue weighted by atomic mass is 10.1. The third kappa shape index (κ3) is 3.87. The minimum absolute atomic E-state index is 0.0912. The van der Waals surface area contributed by atoms with Gasteiger partial charge in [-0.1, -0.05) is 0 Å². The molecule has 0 radical (unpaired) electrons. The van der Waals surface area contributed by atoms with Gasteiger partial charge in [0, 0.05) is 37.2 Å². The lowest BCUT2D eigenvalue weighted by molar-refractivity contribution is 0.0601. The normalized spacial score (nSPS) is 16.6. The van der Waals surface area contributed by atoms with Gasteiger partial charge in [0.05, 0.1) is 12.8 Å². The minimum Gasteiger partial charge on any atom is -0.465 e. The molecule has 1 amide bonds. The van der Waals surface area contributed by atoms with E-state index in [9.17, 15) is 9.59 Å². The number of pyridine rings is 1. The number of nitrogens with one attached hydrogen (secondary N) is 2. The van der Waals surface area contributed by atoms with E-state index in [-0.39, 0.29) is 11.9 Å². The van der Waals surface area contributed by atoms with Crippen molar-refractivity contribution < 1.29 is 14.3 Å². The zero-order chi connectivity index (χ0) is 18.7. The smallest absolute Gasteiger partial charge is 0.341 e. The van der Waals surface area contributed by atoms with Crippen molar-refractivity contribution in [1.82, 2.24) is 15.3 Å². The van der Waals surface area contributed by atoms with Crippen molar-refractivity contribution in [3.05, 3.63) is 47.0 Å². The van der Waals surface area contributed by atoms with E-state index in [1.165, 1.54) is 7.11 Å². The number of H-pyrrole nitrogens is 1. The number of aryl methyl sites for hydroxylation is 2. The van der Waals surface area contributed by atoms with E-state index in [1.807, 2.05) is 26.0 Å². The number of methoxy groups -OCH3 is 1. The number of rotatable bonds is 5. The number of aromatic amines is 1. The zero-order valence-corrected chi connectivity index (χ0v) is 15.3. The third-order valence-corrected chi connectivity index (χ3v) is 4.68. The highest BCUT2D eigenvalue weighted by Crippen LogP contribution is 2.27. The molecule has 7 heteroatoms. The molecule has 0 spiro atoms. The van der Waals surface area contributed by atoms with Crippen molar-refractivity contribution in [2.24, 2.45) is 5.92 Å². The Hall–Kier alpha value is -2.83. The molecule has 1 unspecified atom stereocenters. The Labute approximate surface area is 152 Å². The summed E-state index contributed by atoms with van der Waals surface area (Å²) in [6.07, 6.45) is 2.52. The second-order valence-corrected chi connectivity index (χ2v) is 6.70. The summed E-state index contributed by atoms with van der Waals surface area (Å²) >= 11 is 0. The molecule has 0 aliphatic carbocycles. The summed E-state index contributed by atoms with van der Waals surface area (Å²) in [6, 6.07) is 5.58. The molecule has 138 valence electrons. The second kappa shape index (κ2) is 7.59. The molecular formula is C19H24N4O3. The van der Waals surface area contributed by atoms with Crippen LogP contribution < -0.4 is 10.2 Å². The quantitative estimate of drug-likeness (QED) is 0.801. The van der Waals surface area contributed by atoms with Crippen molar-refractivity contribution in [3.8, 4) is 0 Å². The van der Waals surface area contributed by atoms with Gasteiger partial charge in [0.15, 0.2) is 0 Å². The van der Waals surface area contributed by atoms with Crippen molar-refractivity contribution in [1.29, 1.82) is 0 Å². The molecule has 3 rings (SSSR count). The Morgan fingerprint density at radius 1 is 1.38 bits per heavy atom. The molecule has 0 bridgehead atoms. The molecule has 1 fully saturated rings. The van der Waals surface area contributed by atoms with Crippen LogP contribution in [0.15, 0.2) is 24.4 Å². The number of nitrogens with zero attached hydrogens (tertiary/aromatic N) is 2. The fourth-order valence-corrected chi connectivity index (χ4v) is 3.26. The number of esters is 1. The van der Waals surface area contributed by atoms with Gasteiger partial charge in [0.2, 0.25) is 0 Å². The van der Waals surface area contributed by atoms with Gasteiger partial charge in [0.25, 0.3) is 5.91 Å². The Bertz CT molecular complexity index is 815. The molecule has 1 saturated heterocycles. The van der Waals surface area contributed by atoms with Crippen molar-refractivity contribution in [2.75, 3.05) is 31.6 Å². The topological polar surface area (TPSA) is 87.3 Å². The Kier molecular flexibility index (Phi) is 5.25. The van der Waals surface area contributed by atoms with Crippen molar-refractivity contribution in [3.63, 3.8) is 0 Å². The van der Waals surface area contributed by atoms with Crippen molar-refractivity contribution >= 4 is 17.6 Å². The first-order valence-electron chi connectivity index (χ1n) is 8.71. The average Bonchev–Trinajstić information content (AvgIpc) is 3.28. The molecule has 2 aromatic heterocycles. The first kappa shape index (κ1) is 18.0. The summed E-state index contributed by atoms with van der Waals surface area (Å²) in [6.45, 7) is 6.02. The van der Waals surface area contributed by atoms with E-state index in [0.29, 0.717) is 23.7 Å². The van der Waals surface area contributed by atoms with Gasteiger partial charge >= 0.3 is 5.97 Å². The summed E-state index contributed by atoms with van der Waals surface area (Å²) in [5, 5.41) is 2.99. The van der Waals surface area contributed by atoms with E-state index in [4.69, 9.17) is 4.74 Å². The molecule has 2 aromatic rings. The van der Waals surface area contributed by atoms with E-state index >= 15 is 0 Å². The largest absolute Gasteiger partial charge is 0.465 e. The Morgan fingerprint density at radius 2 is 2.19 bits per heavy atom.